The number of ether oxygens (including phenoxy) is 1. The van der Waals surface area contributed by atoms with Crippen molar-refractivity contribution in [2.24, 2.45) is 18.7 Å². The second-order valence-electron chi connectivity index (χ2n) is 10.0. The lowest BCUT2D eigenvalue weighted by Crippen LogP contribution is -2.36. The zero-order chi connectivity index (χ0) is 24.6. The molecule has 2 heterocycles. The number of amides is 1. The maximum atomic E-state index is 13.3. The zero-order valence-corrected chi connectivity index (χ0v) is 20.3. The van der Waals surface area contributed by atoms with E-state index in [0.717, 1.165) is 36.2 Å². The number of carbonyl (C=O) groups excluding carboxylic acids is 1. The van der Waals surface area contributed by atoms with Gasteiger partial charge >= 0.3 is 0 Å². The minimum Gasteiger partial charge on any atom is -0.456 e. The summed E-state index contributed by atoms with van der Waals surface area (Å²) in [6, 6.07) is 15.3. The van der Waals surface area contributed by atoms with E-state index in [0.29, 0.717) is 29.4 Å². The Labute approximate surface area is 206 Å². The fourth-order valence-electron chi connectivity index (χ4n) is 5.18. The van der Waals surface area contributed by atoms with Crippen molar-refractivity contribution in [3.05, 3.63) is 77.4 Å². The fraction of sp³-hybridized carbons (Fsp3) is 0.393. The topological polar surface area (TPSA) is 97.2 Å². The van der Waals surface area contributed by atoms with Gasteiger partial charge in [0.15, 0.2) is 0 Å². The van der Waals surface area contributed by atoms with Crippen LogP contribution in [0.1, 0.15) is 54.1 Å². The highest BCUT2D eigenvalue weighted by Crippen LogP contribution is 2.48. The van der Waals surface area contributed by atoms with E-state index in [4.69, 9.17) is 10.5 Å². The second kappa shape index (κ2) is 9.20. The van der Waals surface area contributed by atoms with Gasteiger partial charge in [-0.05, 0) is 54.2 Å². The highest BCUT2D eigenvalue weighted by atomic mass is 16.5. The third-order valence-corrected chi connectivity index (χ3v) is 7.48. The van der Waals surface area contributed by atoms with E-state index < -0.39 is 5.41 Å². The molecule has 2 unspecified atom stereocenters. The van der Waals surface area contributed by atoms with Crippen molar-refractivity contribution in [3.8, 4) is 17.6 Å². The number of hydrogen-bond donors (Lipinski definition) is 1. The van der Waals surface area contributed by atoms with Crippen LogP contribution >= 0.6 is 0 Å². The molecule has 2 N–H and O–H groups in total. The van der Waals surface area contributed by atoms with Crippen LogP contribution in [0.15, 0.2) is 55.0 Å². The summed E-state index contributed by atoms with van der Waals surface area (Å²) in [7, 11) is 3.83. The van der Waals surface area contributed by atoms with Crippen molar-refractivity contribution < 1.29 is 9.53 Å². The fourth-order valence-corrected chi connectivity index (χ4v) is 5.18. The van der Waals surface area contributed by atoms with E-state index in [-0.39, 0.29) is 11.9 Å². The van der Waals surface area contributed by atoms with Gasteiger partial charge in [-0.25, -0.2) is 4.98 Å². The second-order valence-corrected chi connectivity index (χ2v) is 10.0. The van der Waals surface area contributed by atoms with Crippen LogP contribution < -0.4 is 10.5 Å². The van der Waals surface area contributed by atoms with Gasteiger partial charge in [0.1, 0.15) is 17.6 Å². The first kappa shape index (κ1) is 23.1. The lowest BCUT2D eigenvalue weighted by molar-refractivity contribution is -0.131. The molecule has 1 aliphatic carbocycles. The van der Waals surface area contributed by atoms with Crippen molar-refractivity contribution in [2.45, 2.75) is 43.6 Å². The minimum atomic E-state index is -0.485. The molecule has 1 saturated heterocycles. The van der Waals surface area contributed by atoms with E-state index in [1.54, 1.807) is 12.4 Å². The standard InChI is InChI=1S/C28H31N5O2/c1-32-11-10-28(27(32)34,15-19-6-7-19)22-4-3-5-24(13-22)35-26-12-20(8-9-21(26)16-29)25(30)14-23-17-31-18-33(23)2/h3-5,8-9,12-13,17-19,25H,6-7,10-11,14-15,30H2,1-2H3. The van der Waals surface area contributed by atoms with Gasteiger partial charge in [0.2, 0.25) is 5.91 Å². The molecule has 0 bridgehead atoms. The molecule has 3 aromatic rings. The van der Waals surface area contributed by atoms with Crippen LogP contribution in [0.3, 0.4) is 0 Å². The van der Waals surface area contributed by atoms with Crippen LogP contribution in [0.25, 0.3) is 0 Å². The van der Waals surface area contributed by atoms with Gasteiger partial charge in [0.05, 0.1) is 17.3 Å². The summed E-state index contributed by atoms with van der Waals surface area (Å²) in [5.41, 5.74) is 9.36. The molecule has 7 heteroatoms. The number of nitriles is 1. The lowest BCUT2D eigenvalue weighted by atomic mass is 9.74. The van der Waals surface area contributed by atoms with Gasteiger partial charge in [0.25, 0.3) is 0 Å². The van der Waals surface area contributed by atoms with Crippen molar-refractivity contribution >= 4 is 5.91 Å². The van der Waals surface area contributed by atoms with Crippen molar-refractivity contribution in [1.82, 2.24) is 14.5 Å². The number of likely N-dealkylation sites (N-methyl/N-ethyl adjacent to an activating group) is 1. The number of likely N-dealkylation sites (tertiary alicyclic amines) is 1. The molecular formula is C28H31N5O2. The highest BCUT2D eigenvalue weighted by molar-refractivity contribution is 5.90. The Kier molecular flexibility index (Phi) is 6.08. The van der Waals surface area contributed by atoms with Crippen LogP contribution in [0.4, 0.5) is 0 Å². The predicted octanol–water partition coefficient (Wildman–Crippen LogP) is 4.23. The molecule has 0 radical (unpaired) electrons. The number of benzene rings is 2. The Bertz CT molecular complexity index is 1290. The summed E-state index contributed by atoms with van der Waals surface area (Å²) >= 11 is 0. The smallest absolute Gasteiger partial charge is 0.233 e. The molecule has 1 saturated carbocycles. The molecule has 7 nitrogen and oxygen atoms in total. The van der Waals surface area contributed by atoms with Crippen molar-refractivity contribution in [2.75, 3.05) is 13.6 Å². The number of carbonyl (C=O) groups is 1. The van der Waals surface area contributed by atoms with Gasteiger partial charge in [-0.2, -0.15) is 5.26 Å². The first-order chi connectivity index (χ1) is 16.9. The molecule has 2 aromatic carbocycles. The highest BCUT2D eigenvalue weighted by Gasteiger charge is 2.49. The molecular weight excluding hydrogens is 438 g/mol. The molecule has 0 spiro atoms. The Balaban J connectivity index is 1.42. The van der Waals surface area contributed by atoms with Gasteiger partial charge in [-0.15, -0.1) is 0 Å². The molecule has 5 rings (SSSR count). The first-order valence-corrected chi connectivity index (χ1v) is 12.2. The third kappa shape index (κ3) is 4.54. The normalized spacial score (nSPS) is 20.6. The number of nitrogens with zero attached hydrogens (tertiary/aromatic N) is 4. The largest absolute Gasteiger partial charge is 0.456 e. The molecule has 180 valence electrons. The van der Waals surface area contributed by atoms with Gasteiger partial charge < -0.3 is 19.9 Å². The SMILES string of the molecule is CN1CCC(CC2CC2)(c2cccc(Oc3cc(C(N)Cc4cncn4C)ccc3C#N)c2)C1=O. The van der Waals surface area contributed by atoms with Gasteiger partial charge in [-0.1, -0.05) is 31.0 Å². The summed E-state index contributed by atoms with van der Waals surface area (Å²) in [6.45, 7) is 0.770. The summed E-state index contributed by atoms with van der Waals surface area (Å²) in [5.74, 6) is 1.91. The number of rotatable bonds is 8. The van der Waals surface area contributed by atoms with Crippen LogP contribution in [-0.4, -0.2) is 34.0 Å². The molecule has 1 amide bonds. The number of aromatic nitrogens is 2. The third-order valence-electron chi connectivity index (χ3n) is 7.48. The number of aryl methyl sites for hydroxylation is 1. The molecule has 2 aliphatic rings. The number of imidazole rings is 1. The predicted molar refractivity (Wildman–Crippen MR) is 133 cm³/mol. The molecule has 1 aromatic heterocycles. The van der Waals surface area contributed by atoms with E-state index in [2.05, 4.69) is 11.1 Å². The molecule has 2 atom stereocenters. The Morgan fingerprint density at radius 3 is 2.74 bits per heavy atom. The average molecular weight is 470 g/mol. The van der Waals surface area contributed by atoms with Gasteiger partial charge in [0, 0.05) is 45.0 Å². The van der Waals surface area contributed by atoms with Crippen LogP contribution in [0.5, 0.6) is 11.5 Å². The van der Waals surface area contributed by atoms with Crippen LogP contribution in [-0.2, 0) is 23.7 Å². The lowest BCUT2D eigenvalue weighted by Gasteiger charge is -2.28. The van der Waals surface area contributed by atoms with Crippen molar-refractivity contribution in [1.29, 1.82) is 5.26 Å². The number of hydrogen-bond acceptors (Lipinski definition) is 5. The summed E-state index contributed by atoms with van der Waals surface area (Å²) in [5, 5.41) is 9.68. The summed E-state index contributed by atoms with van der Waals surface area (Å²) < 4.78 is 8.21. The first-order valence-electron chi connectivity index (χ1n) is 12.2. The maximum Gasteiger partial charge on any atom is 0.233 e. The summed E-state index contributed by atoms with van der Waals surface area (Å²) in [6.07, 6.45) is 8.30. The van der Waals surface area contributed by atoms with Crippen molar-refractivity contribution in [3.63, 3.8) is 0 Å². The Morgan fingerprint density at radius 2 is 2.09 bits per heavy atom. The molecule has 35 heavy (non-hydrogen) atoms. The van der Waals surface area contributed by atoms with E-state index >= 15 is 0 Å². The summed E-state index contributed by atoms with van der Waals surface area (Å²) in [4.78, 5) is 19.3. The van der Waals surface area contributed by atoms with E-state index in [9.17, 15) is 10.1 Å². The van der Waals surface area contributed by atoms with Crippen LogP contribution in [0.2, 0.25) is 0 Å². The van der Waals surface area contributed by atoms with Crippen LogP contribution in [0, 0.1) is 17.2 Å². The zero-order valence-electron chi connectivity index (χ0n) is 20.3. The average Bonchev–Trinajstić information content (AvgIpc) is 3.52. The number of nitrogens with two attached hydrogens (primary N) is 1. The van der Waals surface area contributed by atoms with Gasteiger partial charge in [-0.3, -0.25) is 4.79 Å². The molecule has 2 fully saturated rings. The quantitative estimate of drug-likeness (QED) is 0.533. The Hall–Kier alpha value is -3.63. The monoisotopic (exact) mass is 469 g/mol. The Morgan fingerprint density at radius 1 is 1.26 bits per heavy atom. The van der Waals surface area contributed by atoms with E-state index in [1.165, 1.54) is 12.8 Å². The minimum absolute atomic E-state index is 0.197. The maximum absolute atomic E-state index is 13.3. The molecule has 1 aliphatic heterocycles. The van der Waals surface area contributed by atoms with E-state index in [1.807, 2.05) is 66.2 Å².